The van der Waals surface area contributed by atoms with Crippen molar-refractivity contribution in [1.82, 2.24) is 10.2 Å². The minimum atomic E-state index is -0.638. The first-order valence-corrected chi connectivity index (χ1v) is 9.30. The predicted molar refractivity (Wildman–Crippen MR) is 107 cm³/mol. The van der Waals surface area contributed by atoms with Gasteiger partial charge in [0.25, 0.3) is 0 Å². The Labute approximate surface area is 160 Å². The van der Waals surface area contributed by atoms with E-state index in [-0.39, 0.29) is 11.8 Å². The largest absolute Gasteiger partial charge is 0.367 e. The minimum absolute atomic E-state index is 0.162. The molecule has 0 radical (unpaired) electrons. The predicted octanol–water partition coefficient (Wildman–Crippen LogP) is 2.58. The summed E-state index contributed by atoms with van der Waals surface area (Å²) in [6.45, 7) is 10.8. The van der Waals surface area contributed by atoms with Gasteiger partial charge in [-0.1, -0.05) is 32.4 Å². The number of benzene rings is 1. The number of nitrogens with zero attached hydrogens (tertiary/aromatic N) is 2. The normalized spacial score (nSPS) is 16.9. The molecule has 2 rings (SSSR count). The zero-order valence-electron chi connectivity index (χ0n) is 16.2. The second-order valence-electron chi connectivity index (χ2n) is 7.89. The molecular formula is C19H29ClN4O2. The van der Waals surface area contributed by atoms with Crippen molar-refractivity contribution in [2.75, 3.05) is 43.4 Å². The first-order chi connectivity index (χ1) is 12.1. The van der Waals surface area contributed by atoms with Gasteiger partial charge in [0.1, 0.15) is 6.04 Å². The fourth-order valence-electron chi connectivity index (χ4n) is 2.65. The van der Waals surface area contributed by atoms with Crippen LogP contribution in [0.1, 0.15) is 27.7 Å². The highest BCUT2D eigenvalue weighted by atomic mass is 35.5. The molecule has 1 heterocycles. The summed E-state index contributed by atoms with van der Waals surface area (Å²) in [6, 6.07) is 4.88. The number of halogens is 1. The molecule has 2 amide bonds. The SMILES string of the molecule is CC(NC(=O)C(C)(C)C)C(=O)Nc1cc(Cl)ccc1N1CCN(C)CC1. The molecule has 1 saturated heterocycles. The van der Waals surface area contributed by atoms with Crippen molar-refractivity contribution in [2.24, 2.45) is 5.41 Å². The van der Waals surface area contributed by atoms with Crippen molar-refractivity contribution in [1.29, 1.82) is 0 Å². The highest BCUT2D eigenvalue weighted by molar-refractivity contribution is 6.31. The fourth-order valence-corrected chi connectivity index (χ4v) is 2.82. The average molecular weight is 381 g/mol. The number of rotatable bonds is 4. The molecule has 1 aromatic carbocycles. The topological polar surface area (TPSA) is 64.7 Å². The van der Waals surface area contributed by atoms with E-state index in [0.29, 0.717) is 10.7 Å². The van der Waals surface area contributed by atoms with Crippen LogP contribution in [0.25, 0.3) is 0 Å². The van der Waals surface area contributed by atoms with Gasteiger partial charge in [-0.25, -0.2) is 0 Å². The molecule has 1 aliphatic rings. The lowest BCUT2D eigenvalue weighted by Gasteiger charge is -2.35. The van der Waals surface area contributed by atoms with E-state index >= 15 is 0 Å². The maximum absolute atomic E-state index is 12.6. The summed E-state index contributed by atoms with van der Waals surface area (Å²) in [5, 5.41) is 6.24. The first kappa shape index (κ1) is 20.5. The van der Waals surface area contributed by atoms with E-state index in [9.17, 15) is 9.59 Å². The van der Waals surface area contributed by atoms with Crippen molar-refractivity contribution in [3.05, 3.63) is 23.2 Å². The maximum atomic E-state index is 12.6. The molecule has 7 heteroatoms. The average Bonchev–Trinajstić information content (AvgIpc) is 2.55. The van der Waals surface area contributed by atoms with E-state index in [1.54, 1.807) is 13.0 Å². The number of likely N-dealkylation sites (N-methyl/N-ethyl adjacent to an activating group) is 1. The Balaban J connectivity index is 2.11. The third-order valence-corrected chi connectivity index (χ3v) is 4.72. The quantitative estimate of drug-likeness (QED) is 0.842. The Hall–Kier alpha value is -1.79. The fraction of sp³-hybridized carbons (Fsp3) is 0.579. The van der Waals surface area contributed by atoms with Crippen LogP contribution in [0, 0.1) is 5.41 Å². The van der Waals surface area contributed by atoms with E-state index in [0.717, 1.165) is 31.9 Å². The lowest BCUT2D eigenvalue weighted by atomic mass is 9.95. The number of hydrogen-bond donors (Lipinski definition) is 2. The highest BCUT2D eigenvalue weighted by Crippen LogP contribution is 2.30. The standard InChI is InChI=1S/C19H29ClN4O2/c1-13(21-18(26)19(2,3)4)17(25)22-15-12-14(20)6-7-16(15)24-10-8-23(5)9-11-24/h6-7,12-13H,8-11H2,1-5H3,(H,21,26)(H,22,25). The Kier molecular flexibility index (Phi) is 6.53. The second kappa shape index (κ2) is 8.27. The molecule has 6 nitrogen and oxygen atoms in total. The molecule has 0 bridgehead atoms. The van der Waals surface area contributed by atoms with Crippen LogP contribution in [0.15, 0.2) is 18.2 Å². The van der Waals surface area contributed by atoms with Gasteiger partial charge in [0.2, 0.25) is 11.8 Å². The molecule has 26 heavy (non-hydrogen) atoms. The number of piperazine rings is 1. The Morgan fingerprint density at radius 3 is 2.35 bits per heavy atom. The van der Waals surface area contributed by atoms with E-state index in [1.165, 1.54) is 0 Å². The van der Waals surface area contributed by atoms with Crippen LogP contribution in [-0.2, 0) is 9.59 Å². The van der Waals surface area contributed by atoms with Crippen molar-refractivity contribution in [2.45, 2.75) is 33.7 Å². The van der Waals surface area contributed by atoms with Crippen LogP contribution in [-0.4, -0.2) is 56.0 Å². The van der Waals surface area contributed by atoms with Crippen molar-refractivity contribution in [3.63, 3.8) is 0 Å². The molecule has 0 spiro atoms. The molecule has 1 aliphatic heterocycles. The smallest absolute Gasteiger partial charge is 0.246 e. The molecule has 144 valence electrons. The van der Waals surface area contributed by atoms with Crippen LogP contribution in [0.5, 0.6) is 0 Å². The summed E-state index contributed by atoms with van der Waals surface area (Å²) < 4.78 is 0. The molecular weight excluding hydrogens is 352 g/mol. The zero-order valence-corrected chi connectivity index (χ0v) is 17.0. The van der Waals surface area contributed by atoms with Gasteiger partial charge in [-0.05, 0) is 32.2 Å². The van der Waals surface area contributed by atoms with Gasteiger partial charge >= 0.3 is 0 Å². The van der Waals surface area contributed by atoms with Gasteiger partial charge in [-0.15, -0.1) is 0 Å². The molecule has 2 N–H and O–H groups in total. The Morgan fingerprint density at radius 2 is 1.77 bits per heavy atom. The third-order valence-electron chi connectivity index (χ3n) is 4.48. The summed E-state index contributed by atoms with van der Waals surface area (Å²) >= 11 is 6.14. The molecule has 1 fully saturated rings. The molecule has 1 unspecified atom stereocenters. The van der Waals surface area contributed by atoms with Crippen LogP contribution in [0.4, 0.5) is 11.4 Å². The van der Waals surface area contributed by atoms with Crippen molar-refractivity contribution in [3.8, 4) is 0 Å². The van der Waals surface area contributed by atoms with Crippen molar-refractivity contribution >= 4 is 34.8 Å². The summed E-state index contributed by atoms with van der Waals surface area (Å²) in [5.74, 6) is -0.425. The van der Waals surface area contributed by atoms with Crippen LogP contribution in [0.3, 0.4) is 0 Å². The highest BCUT2D eigenvalue weighted by Gasteiger charge is 2.26. The molecule has 0 saturated carbocycles. The van der Waals surface area contributed by atoms with E-state index in [2.05, 4.69) is 27.5 Å². The van der Waals surface area contributed by atoms with Gasteiger partial charge in [0, 0.05) is 36.6 Å². The number of carbonyl (C=O) groups excluding carboxylic acids is 2. The first-order valence-electron chi connectivity index (χ1n) is 8.93. The van der Waals surface area contributed by atoms with Crippen LogP contribution in [0.2, 0.25) is 5.02 Å². The summed E-state index contributed by atoms with van der Waals surface area (Å²) in [6.07, 6.45) is 0. The zero-order chi connectivity index (χ0) is 19.5. The van der Waals surface area contributed by atoms with Gasteiger partial charge in [-0.2, -0.15) is 0 Å². The molecule has 1 atom stereocenters. The van der Waals surface area contributed by atoms with Crippen LogP contribution >= 0.6 is 11.6 Å². The van der Waals surface area contributed by atoms with Crippen LogP contribution < -0.4 is 15.5 Å². The van der Waals surface area contributed by atoms with E-state index < -0.39 is 11.5 Å². The van der Waals surface area contributed by atoms with E-state index in [1.807, 2.05) is 32.9 Å². The van der Waals surface area contributed by atoms with Gasteiger partial charge in [-0.3, -0.25) is 9.59 Å². The molecule has 0 aromatic heterocycles. The van der Waals surface area contributed by atoms with Gasteiger partial charge in [0.05, 0.1) is 11.4 Å². The minimum Gasteiger partial charge on any atom is -0.367 e. The van der Waals surface area contributed by atoms with Crippen molar-refractivity contribution < 1.29 is 9.59 Å². The summed E-state index contributed by atoms with van der Waals surface area (Å²) in [7, 11) is 2.10. The number of nitrogens with one attached hydrogen (secondary N) is 2. The molecule has 1 aromatic rings. The Morgan fingerprint density at radius 1 is 1.15 bits per heavy atom. The second-order valence-corrected chi connectivity index (χ2v) is 8.32. The third kappa shape index (κ3) is 5.35. The number of hydrogen-bond acceptors (Lipinski definition) is 4. The number of amides is 2. The van der Waals surface area contributed by atoms with Gasteiger partial charge in [0.15, 0.2) is 0 Å². The monoisotopic (exact) mass is 380 g/mol. The lowest BCUT2D eigenvalue weighted by molar-refractivity contribution is -0.131. The lowest BCUT2D eigenvalue weighted by Crippen LogP contribution is -2.46. The van der Waals surface area contributed by atoms with E-state index in [4.69, 9.17) is 11.6 Å². The summed E-state index contributed by atoms with van der Waals surface area (Å²) in [5.41, 5.74) is 1.07. The van der Waals surface area contributed by atoms with Gasteiger partial charge < -0.3 is 20.4 Å². The summed E-state index contributed by atoms with van der Waals surface area (Å²) in [4.78, 5) is 29.2. The molecule has 0 aliphatic carbocycles. The number of carbonyl (C=O) groups is 2. The number of anilines is 2. The maximum Gasteiger partial charge on any atom is 0.246 e. The Bertz CT molecular complexity index is 664.